The van der Waals surface area contributed by atoms with E-state index in [1.54, 1.807) is 18.9 Å². The molecule has 0 saturated carbocycles. The number of aryl methyl sites for hydroxylation is 1. The van der Waals surface area contributed by atoms with Gasteiger partial charge >= 0.3 is 0 Å². The Balaban J connectivity index is 1.81. The van der Waals surface area contributed by atoms with Crippen LogP contribution in [0.5, 0.6) is 5.75 Å². The molecule has 0 N–H and O–H groups in total. The van der Waals surface area contributed by atoms with Crippen LogP contribution in [-0.4, -0.2) is 33.1 Å². The van der Waals surface area contributed by atoms with Gasteiger partial charge in [-0.05, 0) is 42.4 Å². The van der Waals surface area contributed by atoms with Crippen molar-refractivity contribution in [2.45, 2.75) is 24.0 Å². The van der Waals surface area contributed by atoms with E-state index in [4.69, 9.17) is 4.74 Å². The molecule has 1 unspecified atom stereocenters. The van der Waals surface area contributed by atoms with Gasteiger partial charge in [0.1, 0.15) is 5.75 Å². The Morgan fingerprint density at radius 3 is 3.05 bits per heavy atom. The van der Waals surface area contributed by atoms with Gasteiger partial charge < -0.3 is 4.74 Å². The number of nitrogens with zero attached hydrogens (tertiary/aromatic N) is 4. The molecule has 22 heavy (non-hydrogen) atoms. The molecule has 0 radical (unpaired) electrons. The molecule has 0 saturated heterocycles. The van der Waals surface area contributed by atoms with Crippen molar-refractivity contribution in [3.05, 3.63) is 41.7 Å². The highest BCUT2D eigenvalue weighted by Gasteiger charge is 2.26. The van der Waals surface area contributed by atoms with Crippen molar-refractivity contribution >= 4 is 22.8 Å². The van der Waals surface area contributed by atoms with Gasteiger partial charge in [-0.15, -0.1) is 0 Å². The lowest BCUT2D eigenvalue weighted by Gasteiger charge is -2.13. The minimum atomic E-state index is 0.239. The van der Waals surface area contributed by atoms with Crippen molar-refractivity contribution in [3.63, 3.8) is 0 Å². The van der Waals surface area contributed by atoms with Crippen molar-refractivity contribution in [1.29, 1.82) is 0 Å². The monoisotopic (exact) mass is 312 g/mol. The summed E-state index contributed by atoms with van der Waals surface area (Å²) in [5, 5.41) is 6.33. The van der Waals surface area contributed by atoms with Gasteiger partial charge in [-0.25, -0.2) is 14.6 Å². The molecule has 112 valence electrons. The summed E-state index contributed by atoms with van der Waals surface area (Å²) in [5.74, 6) is 0.914. The maximum Gasteiger partial charge on any atom is 0.189 e. The molecule has 4 rings (SSSR count). The first-order valence-corrected chi connectivity index (χ1v) is 8.43. The molecule has 2 heterocycles. The molecule has 1 aliphatic rings. The lowest BCUT2D eigenvalue weighted by Crippen LogP contribution is -2.10. The zero-order valence-electron chi connectivity index (χ0n) is 12.5. The van der Waals surface area contributed by atoms with Gasteiger partial charge in [0.2, 0.25) is 0 Å². The summed E-state index contributed by atoms with van der Waals surface area (Å²) in [6.07, 6.45) is 7.76. The number of ether oxygens (including phenoxy) is 1. The number of hydrogen-bond donors (Lipinski definition) is 0. The van der Waals surface area contributed by atoms with Crippen LogP contribution in [0.4, 0.5) is 0 Å². The van der Waals surface area contributed by atoms with E-state index in [1.165, 1.54) is 11.1 Å². The van der Waals surface area contributed by atoms with Crippen LogP contribution in [0.2, 0.25) is 0 Å². The zero-order valence-corrected chi connectivity index (χ0v) is 13.3. The van der Waals surface area contributed by atoms with E-state index in [2.05, 4.69) is 27.2 Å². The number of fused-ring (bicyclic) bond motifs is 2. The first-order valence-electron chi connectivity index (χ1n) is 7.21. The molecular formula is C16H16N4OS. The molecule has 0 amide bonds. The maximum atomic E-state index is 5.32. The van der Waals surface area contributed by atoms with Crippen LogP contribution in [0.1, 0.15) is 23.6 Å². The largest absolute Gasteiger partial charge is 0.497 e. The van der Waals surface area contributed by atoms with E-state index in [9.17, 15) is 0 Å². The minimum absolute atomic E-state index is 0.239. The summed E-state index contributed by atoms with van der Waals surface area (Å²) in [6, 6.07) is 6.54. The summed E-state index contributed by atoms with van der Waals surface area (Å²) in [5.41, 5.74) is 3.57. The van der Waals surface area contributed by atoms with Crippen LogP contribution in [-0.2, 0) is 6.42 Å². The van der Waals surface area contributed by atoms with E-state index >= 15 is 0 Å². The quantitative estimate of drug-likeness (QED) is 0.549. The van der Waals surface area contributed by atoms with Crippen LogP contribution < -0.4 is 4.74 Å². The van der Waals surface area contributed by atoms with Gasteiger partial charge in [0.15, 0.2) is 10.8 Å². The number of aromatic nitrogens is 4. The number of benzene rings is 1. The van der Waals surface area contributed by atoms with Crippen molar-refractivity contribution in [2.75, 3.05) is 13.4 Å². The van der Waals surface area contributed by atoms with Gasteiger partial charge in [-0.3, -0.25) is 0 Å². The number of rotatable bonds is 3. The van der Waals surface area contributed by atoms with E-state index in [-0.39, 0.29) is 6.04 Å². The fourth-order valence-electron chi connectivity index (χ4n) is 3.10. The molecular weight excluding hydrogens is 296 g/mol. The second-order valence-electron chi connectivity index (χ2n) is 5.34. The zero-order chi connectivity index (χ0) is 15.1. The molecule has 0 spiro atoms. The molecule has 1 aliphatic carbocycles. The molecule has 3 aromatic rings. The molecule has 1 aromatic carbocycles. The van der Waals surface area contributed by atoms with Crippen molar-refractivity contribution in [1.82, 2.24) is 19.7 Å². The number of methoxy groups -OCH3 is 1. The third kappa shape index (κ3) is 2.06. The maximum absolute atomic E-state index is 5.32. The van der Waals surface area contributed by atoms with Crippen LogP contribution in [0, 0.1) is 0 Å². The fraction of sp³-hybridized carbons (Fsp3) is 0.312. The van der Waals surface area contributed by atoms with Crippen LogP contribution >= 0.6 is 11.8 Å². The third-order valence-corrected chi connectivity index (χ3v) is 4.75. The van der Waals surface area contributed by atoms with E-state index in [0.717, 1.165) is 34.8 Å². The SMILES string of the molecule is COc1ccc2c(c1)CCC2n1ncc2cnc(SC)nc21. The Bertz CT molecular complexity index is 845. The van der Waals surface area contributed by atoms with E-state index in [0.29, 0.717) is 0 Å². The van der Waals surface area contributed by atoms with Gasteiger partial charge in [0.25, 0.3) is 0 Å². The second kappa shape index (κ2) is 5.28. The van der Waals surface area contributed by atoms with Crippen molar-refractivity contribution in [2.24, 2.45) is 0 Å². The van der Waals surface area contributed by atoms with Gasteiger partial charge in [0, 0.05) is 6.20 Å². The summed E-state index contributed by atoms with van der Waals surface area (Å²) < 4.78 is 7.36. The highest BCUT2D eigenvalue weighted by atomic mass is 32.2. The summed E-state index contributed by atoms with van der Waals surface area (Å²) in [7, 11) is 1.70. The van der Waals surface area contributed by atoms with Crippen molar-refractivity contribution < 1.29 is 4.74 Å². The molecule has 6 heteroatoms. The second-order valence-corrected chi connectivity index (χ2v) is 6.12. The Morgan fingerprint density at radius 1 is 1.32 bits per heavy atom. The molecule has 0 aliphatic heterocycles. The van der Waals surface area contributed by atoms with Gasteiger partial charge in [-0.2, -0.15) is 5.10 Å². The summed E-state index contributed by atoms with van der Waals surface area (Å²) in [4.78, 5) is 8.95. The highest BCUT2D eigenvalue weighted by Crippen LogP contribution is 2.37. The molecule has 5 nitrogen and oxygen atoms in total. The standard InChI is InChI=1S/C16H16N4OS/c1-21-12-4-5-13-10(7-12)3-6-14(13)20-15-11(9-18-20)8-17-16(19-15)22-2/h4-5,7-9,14H,3,6H2,1-2H3. The van der Waals surface area contributed by atoms with Crippen LogP contribution in [0.25, 0.3) is 11.0 Å². The normalized spacial score (nSPS) is 16.9. The number of thioether (sulfide) groups is 1. The molecule has 2 aromatic heterocycles. The Morgan fingerprint density at radius 2 is 2.23 bits per heavy atom. The third-order valence-electron chi connectivity index (χ3n) is 4.19. The minimum Gasteiger partial charge on any atom is -0.497 e. The average Bonchev–Trinajstić information content (AvgIpc) is 3.16. The smallest absolute Gasteiger partial charge is 0.189 e. The average molecular weight is 312 g/mol. The number of hydrogen-bond acceptors (Lipinski definition) is 5. The predicted octanol–water partition coefficient (Wildman–Crippen LogP) is 3.09. The Kier molecular flexibility index (Phi) is 3.26. The molecule has 1 atom stereocenters. The molecule has 0 bridgehead atoms. The molecule has 0 fully saturated rings. The van der Waals surface area contributed by atoms with E-state index in [1.807, 2.05) is 29.4 Å². The first kappa shape index (κ1) is 13.6. The summed E-state index contributed by atoms with van der Waals surface area (Å²) >= 11 is 1.55. The Hall–Kier alpha value is -2.08. The lowest BCUT2D eigenvalue weighted by molar-refractivity contribution is 0.414. The van der Waals surface area contributed by atoms with Gasteiger partial charge in [-0.1, -0.05) is 17.8 Å². The van der Waals surface area contributed by atoms with E-state index < -0.39 is 0 Å². The first-order chi connectivity index (χ1) is 10.8. The van der Waals surface area contributed by atoms with Gasteiger partial charge in [0.05, 0.1) is 24.7 Å². The lowest BCUT2D eigenvalue weighted by atomic mass is 10.1. The topological polar surface area (TPSA) is 52.8 Å². The van der Waals surface area contributed by atoms with Crippen LogP contribution in [0.3, 0.4) is 0 Å². The predicted molar refractivity (Wildman–Crippen MR) is 86.6 cm³/mol. The highest BCUT2D eigenvalue weighted by molar-refractivity contribution is 7.98. The van der Waals surface area contributed by atoms with Crippen molar-refractivity contribution in [3.8, 4) is 5.75 Å². The summed E-state index contributed by atoms with van der Waals surface area (Å²) in [6.45, 7) is 0. The Labute approximate surface area is 132 Å². The van der Waals surface area contributed by atoms with Crippen LogP contribution in [0.15, 0.2) is 35.7 Å². The fourth-order valence-corrected chi connectivity index (χ4v) is 3.43.